The van der Waals surface area contributed by atoms with Crippen LogP contribution in [0.3, 0.4) is 0 Å². The fourth-order valence-corrected chi connectivity index (χ4v) is 6.15. The lowest BCUT2D eigenvalue weighted by molar-refractivity contribution is -0.139. The molecule has 3 atom stereocenters. The van der Waals surface area contributed by atoms with Gasteiger partial charge in [0, 0.05) is 37.9 Å². The fraction of sp³-hybridized carbons (Fsp3) is 0.464. The second-order valence-electron chi connectivity index (χ2n) is 10.0. The zero-order valence-corrected chi connectivity index (χ0v) is 19.8. The van der Waals surface area contributed by atoms with E-state index >= 15 is 0 Å². The van der Waals surface area contributed by atoms with Gasteiger partial charge in [-0.25, -0.2) is 4.79 Å². The second-order valence-corrected chi connectivity index (χ2v) is 10.0. The number of rotatable bonds is 7. The van der Waals surface area contributed by atoms with Crippen LogP contribution in [0.1, 0.15) is 49.1 Å². The largest absolute Gasteiger partial charge is 0.481 e. The highest BCUT2D eigenvalue weighted by Crippen LogP contribution is 2.44. The van der Waals surface area contributed by atoms with Crippen molar-refractivity contribution < 1.29 is 24.2 Å². The number of nitrogens with zero attached hydrogens (tertiary/aromatic N) is 1. The summed E-state index contributed by atoms with van der Waals surface area (Å²) in [7, 11) is 0. The van der Waals surface area contributed by atoms with Crippen molar-refractivity contribution in [2.75, 3.05) is 26.2 Å². The summed E-state index contributed by atoms with van der Waals surface area (Å²) in [5.41, 5.74) is 4.73. The van der Waals surface area contributed by atoms with E-state index in [2.05, 4.69) is 29.6 Å². The summed E-state index contributed by atoms with van der Waals surface area (Å²) in [4.78, 5) is 38.5. The molecule has 7 heteroatoms. The zero-order chi connectivity index (χ0) is 24.4. The summed E-state index contributed by atoms with van der Waals surface area (Å²) in [5, 5.41) is 11.9. The number of carbonyl (C=O) groups excluding carboxylic acids is 2. The SMILES string of the molecule is O=C(O)CC1CCN(C(=O)[C@H]2CCC[C@H]2CNC(=O)OCC2c3ccccc3-c3ccccc32)C1. The molecule has 1 aliphatic heterocycles. The van der Waals surface area contributed by atoms with Crippen LogP contribution < -0.4 is 5.32 Å². The molecule has 7 nitrogen and oxygen atoms in total. The molecule has 2 aromatic carbocycles. The van der Waals surface area contributed by atoms with E-state index in [0.29, 0.717) is 19.6 Å². The van der Waals surface area contributed by atoms with Crippen molar-refractivity contribution in [3.8, 4) is 11.1 Å². The molecule has 3 aliphatic rings. The van der Waals surface area contributed by atoms with Crippen molar-refractivity contribution in [3.63, 3.8) is 0 Å². The molecular formula is C28H32N2O5. The normalized spacial score (nSPS) is 23.1. The number of likely N-dealkylation sites (tertiary alicyclic amines) is 1. The molecule has 2 aromatic rings. The van der Waals surface area contributed by atoms with Gasteiger partial charge in [0.2, 0.25) is 5.91 Å². The summed E-state index contributed by atoms with van der Waals surface area (Å²) in [6.45, 7) is 1.83. The third kappa shape index (κ3) is 4.90. The van der Waals surface area contributed by atoms with E-state index in [9.17, 15) is 14.4 Å². The monoisotopic (exact) mass is 476 g/mol. The number of carbonyl (C=O) groups is 3. The first-order valence-electron chi connectivity index (χ1n) is 12.6. The van der Waals surface area contributed by atoms with Crippen LogP contribution >= 0.6 is 0 Å². The van der Waals surface area contributed by atoms with Crippen LogP contribution in [0.15, 0.2) is 48.5 Å². The molecule has 5 rings (SSSR count). The van der Waals surface area contributed by atoms with Gasteiger partial charge in [-0.2, -0.15) is 0 Å². The zero-order valence-electron chi connectivity index (χ0n) is 19.8. The summed E-state index contributed by atoms with van der Waals surface area (Å²) < 4.78 is 5.65. The van der Waals surface area contributed by atoms with Crippen LogP contribution in [0, 0.1) is 17.8 Å². The molecule has 2 aliphatic carbocycles. The molecule has 1 heterocycles. The van der Waals surface area contributed by atoms with Crippen molar-refractivity contribution in [2.45, 2.75) is 38.0 Å². The average Bonchev–Trinajstić information content (AvgIpc) is 3.58. The van der Waals surface area contributed by atoms with Gasteiger partial charge in [-0.3, -0.25) is 9.59 Å². The molecule has 0 aromatic heterocycles. The average molecular weight is 477 g/mol. The Bertz CT molecular complexity index is 1070. The maximum atomic E-state index is 13.1. The Hall–Kier alpha value is -3.35. The molecule has 0 bridgehead atoms. The minimum absolute atomic E-state index is 0.0165. The van der Waals surface area contributed by atoms with Gasteiger partial charge in [0.05, 0.1) is 0 Å². The number of carboxylic acid groups (broad SMARTS) is 1. The number of aliphatic carboxylic acids is 1. The molecule has 0 spiro atoms. The predicted molar refractivity (Wildman–Crippen MR) is 131 cm³/mol. The Labute approximate surface area is 205 Å². The van der Waals surface area contributed by atoms with Gasteiger partial charge < -0.3 is 20.1 Å². The molecule has 2 amide bonds. The van der Waals surface area contributed by atoms with Crippen LogP contribution in [-0.4, -0.2) is 54.2 Å². The Morgan fingerprint density at radius 3 is 2.34 bits per heavy atom. The Kier molecular flexibility index (Phi) is 6.75. The number of carboxylic acids is 1. The minimum atomic E-state index is -0.810. The van der Waals surface area contributed by atoms with Crippen LogP contribution in [0.25, 0.3) is 11.1 Å². The number of benzene rings is 2. The van der Waals surface area contributed by atoms with Crippen molar-refractivity contribution >= 4 is 18.0 Å². The second kappa shape index (κ2) is 10.1. The predicted octanol–water partition coefficient (Wildman–Crippen LogP) is 4.26. The summed E-state index contributed by atoms with van der Waals surface area (Å²) in [6.07, 6.45) is 3.07. The van der Waals surface area contributed by atoms with Crippen molar-refractivity contribution in [1.29, 1.82) is 0 Å². The number of fused-ring (bicyclic) bond motifs is 3. The van der Waals surface area contributed by atoms with Gasteiger partial charge in [-0.1, -0.05) is 55.0 Å². The lowest BCUT2D eigenvalue weighted by Gasteiger charge is -2.25. The highest BCUT2D eigenvalue weighted by molar-refractivity contribution is 5.80. The maximum absolute atomic E-state index is 13.1. The highest BCUT2D eigenvalue weighted by Gasteiger charge is 2.38. The van der Waals surface area contributed by atoms with Crippen LogP contribution in [0.4, 0.5) is 4.79 Å². The Balaban J connectivity index is 1.13. The molecule has 0 radical (unpaired) electrons. The van der Waals surface area contributed by atoms with Crippen molar-refractivity contribution in [3.05, 3.63) is 59.7 Å². The van der Waals surface area contributed by atoms with Gasteiger partial charge in [-0.15, -0.1) is 0 Å². The smallest absolute Gasteiger partial charge is 0.407 e. The van der Waals surface area contributed by atoms with Crippen LogP contribution in [0.5, 0.6) is 0 Å². The number of ether oxygens (including phenoxy) is 1. The van der Waals surface area contributed by atoms with Crippen molar-refractivity contribution in [1.82, 2.24) is 10.2 Å². The molecule has 1 saturated heterocycles. The van der Waals surface area contributed by atoms with E-state index < -0.39 is 12.1 Å². The van der Waals surface area contributed by atoms with E-state index in [1.165, 1.54) is 22.3 Å². The molecule has 2 N–H and O–H groups in total. The van der Waals surface area contributed by atoms with E-state index in [1.54, 1.807) is 0 Å². The summed E-state index contributed by atoms with van der Waals surface area (Å²) in [6, 6.07) is 16.5. The van der Waals surface area contributed by atoms with Gasteiger partial charge in [0.15, 0.2) is 0 Å². The Morgan fingerprint density at radius 1 is 0.971 bits per heavy atom. The Morgan fingerprint density at radius 2 is 1.66 bits per heavy atom. The number of alkyl carbamates (subject to hydrolysis) is 1. The van der Waals surface area contributed by atoms with Crippen molar-refractivity contribution in [2.24, 2.45) is 17.8 Å². The molecule has 2 fully saturated rings. The molecule has 35 heavy (non-hydrogen) atoms. The number of nitrogens with one attached hydrogen (secondary N) is 1. The lowest BCUT2D eigenvalue weighted by Crippen LogP contribution is -2.40. The first-order valence-corrected chi connectivity index (χ1v) is 12.6. The number of hydrogen-bond donors (Lipinski definition) is 2. The van der Waals surface area contributed by atoms with Crippen LogP contribution in [-0.2, 0) is 14.3 Å². The lowest BCUT2D eigenvalue weighted by atomic mass is 9.94. The summed E-state index contributed by atoms with van der Waals surface area (Å²) in [5.74, 6) is -0.683. The minimum Gasteiger partial charge on any atom is -0.481 e. The quantitative estimate of drug-likeness (QED) is 0.622. The first kappa shape index (κ1) is 23.4. The van der Waals surface area contributed by atoms with Gasteiger partial charge in [0.25, 0.3) is 0 Å². The van der Waals surface area contributed by atoms with Gasteiger partial charge >= 0.3 is 12.1 Å². The van der Waals surface area contributed by atoms with E-state index in [4.69, 9.17) is 9.84 Å². The van der Waals surface area contributed by atoms with E-state index in [0.717, 1.165) is 25.7 Å². The number of hydrogen-bond acceptors (Lipinski definition) is 4. The third-order valence-electron chi connectivity index (χ3n) is 7.89. The molecule has 184 valence electrons. The van der Waals surface area contributed by atoms with Gasteiger partial charge in [0.1, 0.15) is 6.61 Å². The highest BCUT2D eigenvalue weighted by atomic mass is 16.5. The van der Waals surface area contributed by atoms with Crippen LogP contribution in [0.2, 0.25) is 0 Å². The molecular weight excluding hydrogens is 444 g/mol. The fourth-order valence-electron chi connectivity index (χ4n) is 6.15. The standard InChI is InChI=1S/C28H32N2O5/c31-26(32)14-18-12-13-30(16-18)27(33)20-11-5-6-19(20)15-29-28(34)35-17-25-23-9-3-1-7-21(23)22-8-2-4-10-24(22)25/h1-4,7-10,18-20,25H,5-6,11-17H2,(H,29,34)(H,31,32)/t18?,19-,20-/m0/s1. The summed E-state index contributed by atoms with van der Waals surface area (Å²) >= 11 is 0. The molecule has 1 unspecified atom stereocenters. The van der Waals surface area contributed by atoms with E-state index in [1.807, 2.05) is 29.2 Å². The topological polar surface area (TPSA) is 95.9 Å². The molecule has 1 saturated carbocycles. The third-order valence-corrected chi connectivity index (χ3v) is 7.89. The van der Waals surface area contributed by atoms with Gasteiger partial charge in [-0.05, 0) is 53.4 Å². The maximum Gasteiger partial charge on any atom is 0.407 e. The number of amides is 2. The first-order chi connectivity index (χ1) is 17.0. The van der Waals surface area contributed by atoms with E-state index in [-0.39, 0.29) is 42.6 Å².